The molecule has 4 rings (SSSR count). The quantitative estimate of drug-likeness (QED) is 0.629. The zero-order valence-corrected chi connectivity index (χ0v) is 16.9. The molecule has 0 radical (unpaired) electrons. The molecular formula is C19H19ClN6OS. The summed E-state index contributed by atoms with van der Waals surface area (Å²) >= 11 is 7.91. The Kier molecular flexibility index (Phi) is 5.50. The lowest BCUT2D eigenvalue weighted by Gasteiger charge is -2.13. The minimum absolute atomic E-state index is 0.177. The Morgan fingerprint density at radius 2 is 2.18 bits per heavy atom. The van der Waals surface area contributed by atoms with Crippen molar-refractivity contribution in [3.05, 3.63) is 52.3 Å². The van der Waals surface area contributed by atoms with Crippen LogP contribution in [0.1, 0.15) is 37.1 Å². The standard InChI is InChI=1S/C19H19ClN6OS/c1-12-23-24-25-26(12)17-7-6-14(11-16(17)20)15(10-13-4-2-3-5-13)18(27)22-19-21-8-9-28-19/h6-11,13H,2-5H2,1H3,(H,21,22,27). The Bertz CT molecular complexity index is 1010. The van der Waals surface area contributed by atoms with Gasteiger partial charge in [-0.1, -0.05) is 36.6 Å². The van der Waals surface area contributed by atoms with Crippen LogP contribution < -0.4 is 5.32 Å². The second-order valence-corrected chi connectivity index (χ2v) is 8.02. The van der Waals surface area contributed by atoms with Crippen molar-refractivity contribution in [2.24, 2.45) is 5.92 Å². The average Bonchev–Trinajstić information content (AvgIpc) is 3.43. The first-order valence-corrected chi connectivity index (χ1v) is 10.4. The smallest absolute Gasteiger partial charge is 0.257 e. The molecule has 2 heterocycles. The number of anilines is 1. The van der Waals surface area contributed by atoms with Crippen molar-refractivity contribution in [1.29, 1.82) is 0 Å². The fourth-order valence-electron chi connectivity index (χ4n) is 3.41. The van der Waals surface area contributed by atoms with Crippen molar-refractivity contribution in [1.82, 2.24) is 25.2 Å². The summed E-state index contributed by atoms with van der Waals surface area (Å²) in [6.07, 6.45) is 8.33. The Hall–Kier alpha value is -2.58. The third kappa shape index (κ3) is 3.98. The molecule has 0 atom stereocenters. The SMILES string of the molecule is Cc1nnnn1-c1ccc(C(=CC2CCCC2)C(=O)Nc2nccs2)cc1Cl. The van der Waals surface area contributed by atoms with E-state index in [9.17, 15) is 4.79 Å². The molecule has 0 aliphatic heterocycles. The van der Waals surface area contributed by atoms with E-state index in [1.807, 2.05) is 17.5 Å². The van der Waals surface area contributed by atoms with Gasteiger partial charge in [0.05, 0.1) is 10.7 Å². The number of amides is 1. The van der Waals surface area contributed by atoms with Crippen LogP contribution in [0.15, 0.2) is 35.9 Å². The van der Waals surface area contributed by atoms with Gasteiger partial charge in [-0.2, -0.15) is 4.68 Å². The Morgan fingerprint density at radius 1 is 1.36 bits per heavy atom. The van der Waals surface area contributed by atoms with Crippen LogP contribution in [-0.2, 0) is 4.79 Å². The van der Waals surface area contributed by atoms with Gasteiger partial charge in [0, 0.05) is 17.2 Å². The zero-order chi connectivity index (χ0) is 19.5. The number of tetrazole rings is 1. The first kappa shape index (κ1) is 18.8. The summed E-state index contributed by atoms with van der Waals surface area (Å²) < 4.78 is 1.57. The van der Waals surface area contributed by atoms with Crippen LogP contribution >= 0.6 is 22.9 Å². The van der Waals surface area contributed by atoms with E-state index in [0.29, 0.717) is 33.2 Å². The molecule has 1 amide bonds. The highest BCUT2D eigenvalue weighted by molar-refractivity contribution is 7.13. The molecule has 1 aliphatic carbocycles. The number of hydrogen-bond donors (Lipinski definition) is 1. The summed E-state index contributed by atoms with van der Waals surface area (Å²) in [5.41, 5.74) is 2.05. The highest BCUT2D eigenvalue weighted by Gasteiger charge is 2.20. The lowest BCUT2D eigenvalue weighted by atomic mass is 9.98. The summed E-state index contributed by atoms with van der Waals surface area (Å²) in [4.78, 5) is 17.1. The third-order valence-electron chi connectivity index (χ3n) is 4.81. The molecule has 1 saturated carbocycles. The highest BCUT2D eigenvalue weighted by atomic mass is 35.5. The number of rotatable bonds is 5. The molecule has 144 valence electrons. The summed E-state index contributed by atoms with van der Waals surface area (Å²) in [6, 6.07) is 5.50. The lowest BCUT2D eigenvalue weighted by Crippen LogP contribution is -2.14. The minimum atomic E-state index is -0.177. The van der Waals surface area contributed by atoms with Crippen LogP contribution in [0, 0.1) is 12.8 Å². The molecule has 1 aromatic carbocycles. The molecule has 0 spiro atoms. The predicted octanol–water partition coefficient (Wildman–Crippen LogP) is 4.29. The minimum Gasteiger partial charge on any atom is -0.298 e. The number of carbonyl (C=O) groups excluding carboxylic acids is 1. The number of nitrogens with zero attached hydrogens (tertiary/aromatic N) is 5. The Balaban J connectivity index is 1.68. The summed E-state index contributed by atoms with van der Waals surface area (Å²) in [7, 11) is 0. The van der Waals surface area contributed by atoms with E-state index in [1.54, 1.807) is 23.9 Å². The maximum Gasteiger partial charge on any atom is 0.257 e. The van der Waals surface area contributed by atoms with Gasteiger partial charge >= 0.3 is 0 Å². The largest absolute Gasteiger partial charge is 0.298 e. The number of aryl methyl sites for hydroxylation is 1. The highest BCUT2D eigenvalue weighted by Crippen LogP contribution is 2.32. The molecule has 28 heavy (non-hydrogen) atoms. The van der Waals surface area contributed by atoms with Gasteiger partial charge in [0.25, 0.3) is 5.91 Å². The van der Waals surface area contributed by atoms with E-state index in [4.69, 9.17) is 11.6 Å². The third-order valence-corrected chi connectivity index (χ3v) is 5.80. The topological polar surface area (TPSA) is 85.6 Å². The zero-order valence-electron chi connectivity index (χ0n) is 15.3. The van der Waals surface area contributed by atoms with Crippen LogP contribution in [0.5, 0.6) is 0 Å². The summed E-state index contributed by atoms with van der Waals surface area (Å²) in [5.74, 6) is 0.861. The van der Waals surface area contributed by atoms with Gasteiger partial charge in [-0.15, -0.1) is 16.4 Å². The number of carbonyl (C=O) groups is 1. The van der Waals surface area contributed by atoms with E-state index in [2.05, 4.69) is 31.9 Å². The van der Waals surface area contributed by atoms with Crippen molar-refractivity contribution in [3.63, 3.8) is 0 Å². The fourth-order valence-corrected chi connectivity index (χ4v) is 4.20. The maximum absolute atomic E-state index is 13.0. The van der Waals surface area contributed by atoms with Gasteiger partial charge in [0.1, 0.15) is 0 Å². The first-order chi connectivity index (χ1) is 13.6. The molecule has 1 N–H and O–H groups in total. The monoisotopic (exact) mass is 414 g/mol. The van der Waals surface area contributed by atoms with Crippen LogP contribution in [0.3, 0.4) is 0 Å². The van der Waals surface area contributed by atoms with E-state index in [0.717, 1.165) is 18.4 Å². The normalized spacial score (nSPS) is 15.1. The van der Waals surface area contributed by atoms with Crippen molar-refractivity contribution in [3.8, 4) is 5.69 Å². The predicted molar refractivity (Wildman–Crippen MR) is 110 cm³/mol. The summed E-state index contributed by atoms with van der Waals surface area (Å²) in [5, 5.41) is 17.3. The Labute approximate surface area is 171 Å². The van der Waals surface area contributed by atoms with Crippen molar-refractivity contribution < 1.29 is 4.79 Å². The number of halogens is 1. The molecule has 7 nitrogen and oxygen atoms in total. The molecule has 0 bridgehead atoms. The van der Waals surface area contributed by atoms with Crippen LogP contribution in [-0.4, -0.2) is 31.1 Å². The van der Waals surface area contributed by atoms with Gasteiger partial charge in [-0.3, -0.25) is 10.1 Å². The summed E-state index contributed by atoms with van der Waals surface area (Å²) in [6.45, 7) is 1.80. The second-order valence-electron chi connectivity index (χ2n) is 6.72. The fraction of sp³-hybridized carbons (Fsp3) is 0.316. The molecule has 1 fully saturated rings. The molecule has 9 heteroatoms. The van der Waals surface area contributed by atoms with Crippen LogP contribution in [0.4, 0.5) is 5.13 Å². The molecular weight excluding hydrogens is 396 g/mol. The van der Waals surface area contributed by atoms with Gasteiger partial charge in [-0.25, -0.2) is 4.98 Å². The molecule has 3 aromatic rings. The average molecular weight is 415 g/mol. The number of nitrogens with one attached hydrogen (secondary N) is 1. The number of benzene rings is 1. The van der Waals surface area contributed by atoms with Gasteiger partial charge < -0.3 is 0 Å². The van der Waals surface area contributed by atoms with E-state index in [1.165, 1.54) is 24.2 Å². The molecule has 1 aliphatic rings. The first-order valence-electron chi connectivity index (χ1n) is 9.10. The van der Waals surface area contributed by atoms with Gasteiger partial charge in [0.15, 0.2) is 11.0 Å². The van der Waals surface area contributed by atoms with Crippen molar-refractivity contribution in [2.75, 3.05) is 5.32 Å². The molecule has 2 aromatic heterocycles. The van der Waals surface area contributed by atoms with E-state index >= 15 is 0 Å². The van der Waals surface area contributed by atoms with Gasteiger partial charge in [-0.05, 0) is 53.8 Å². The van der Waals surface area contributed by atoms with Crippen LogP contribution in [0.25, 0.3) is 11.3 Å². The molecule has 0 unspecified atom stereocenters. The number of aromatic nitrogens is 5. The van der Waals surface area contributed by atoms with Crippen molar-refractivity contribution >= 4 is 39.5 Å². The Morgan fingerprint density at radius 3 is 2.82 bits per heavy atom. The van der Waals surface area contributed by atoms with E-state index < -0.39 is 0 Å². The number of hydrogen-bond acceptors (Lipinski definition) is 6. The molecule has 0 saturated heterocycles. The van der Waals surface area contributed by atoms with Crippen molar-refractivity contribution in [2.45, 2.75) is 32.6 Å². The number of thiazole rings is 1. The maximum atomic E-state index is 13.0. The lowest BCUT2D eigenvalue weighted by molar-refractivity contribution is -0.111. The second kappa shape index (κ2) is 8.20. The van der Waals surface area contributed by atoms with Gasteiger partial charge in [0.2, 0.25) is 0 Å². The number of allylic oxidation sites excluding steroid dienone is 1. The van der Waals surface area contributed by atoms with E-state index in [-0.39, 0.29) is 5.91 Å². The van der Waals surface area contributed by atoms with Crippen LogP contribution in [0.2, 0.25) is 5.02 Å².